The number of H-pyrrole nitrogens is 1. The van der Waals surface area contributed by atoms with Gasteiger partial charge in [-0.2, -0.15) is 4.98 Å². The third-order valence-corrected chi connectivity index (χ3v) is 4.77. The topological polar surface area (TPSA) is 116 Å². The van der Waals surface area contributed by atoms with Crippen molar-refractivity contribution in [2.75, 3.05) is 43.4 Å². The molecule has 0 radical (unpaired) electrons. The number of amides is 1. The van der Waals surface area contributed by atoms with Gasteiger partial charge in [0.25, 0.3) is 0 Å². The first-order valence-electron chi connectivity index (χ1n) is 8.52. The number of carbonyl (C=O) groups excluding carboxylic acids is 1. The summed E-state index contributed by atoms with van der Waals surface area (Å²) >= 11 is 0. The molecule has 4 rings (SSSR count). The van der Waals surface area contributed by atoms with Crippen LogP contribution in [0.15, 0.2) is 12.4 Å². The molecule has 0 aliphatic carbocycles. The number of fused-ring (bicyclic) bond motifs is 1. The molecule has 0 aromatic carbocycles. The second kappa shape index (κ2) is 6.32. The van der Waals surface area contributed by atoms with E-state index in [-0.39, 0.29) is 17.9 Å². The molecule has 2 aliphatic rings. The number of nitrogen functional groups attached to an aromatic ring is 1. The number of aromatic nitrogens is 4. The fourth-order valence-electron chi connectivity index (χ4n) is 3.50. The van der Waals surface area contributed by atoms with Crippen LogP contribution in [-0.4, -0.2) is 63.5 Å². The van der Waals surface area contributed by atoms with E-state index in [1.807, 2.05) is 17.9 Å². The molecular weight excluding hydrogens is 320 g/mol. The van der Waals surface area contributed by atoms with Gasteiger partial charge in [-0.25, -0.2) is 9.97 Å². The molecule has 9 heteroatoms. The number of rotatable bonds is 2. The smallest absolute Gasteiger partial charge is 0.246 e. The molecule has 1 atom stereocenters. The van der Waals surface area contributed by atoms with Crippen LogP contribution < -0.4 is 16.0 Å². The van der Waals surface area contributed by atoms with Gasteiger partial charge in [0.05, 0.1) is 12.0 Å². The lowest BCUT2D eigenvalue weighted by Crippen LogP contribution is -2.52. The Balaban J connectivity index is 1.43. The predicted octanol–water partition coefficient (Wildman–Crippen LogP) is -0.374. The summed E-state index contributed by atoms with van der Waals surface area (Å²) in [5, 5.41) is 3.29. The van der Waals surface area contributed by atoms with E-state index in [9.17, 15) is 4.79 Å². The molecule has 2 aliphatic heterocycles. The summed E-state index contributed by atoms with van der Waals surface area (Å²) in [5.41, 5.74) is 8.48. The molecule has 2 aromatic heterocycles. The third-order valence-electron chi connectivity index (χ3n) is 4.77. The minimum absolute atomic E-state index is 0.0890. The van der Waals surface area contributed by atoms with Crippen LogP contribution >= 0.6 is 0 Å². The summed E-state index contributed by atoms with van der Waals surface area (Å²) in [6, 6.07) is 1.57. The van der Waals surface area contributed by atoms with E-state index in [2.05, 4.69) is 30.2 Å². The lowest BCUT2D eigenvalue weighted by molar-refractivity contribution is -0.134. The van der Waals surface area contributed by atoms with Gasteiger partial charge in [0.1, 0.15) is 11.9 Å². The van der Waals surface area contributed by atoms with Crippen molar-refractivity contribution in [3.63, 3.8) is 0 Å². The third kappa shape index (κ3) is 3.02. The molecule has 1 amide bonds. The Labute approximate surface area is 145 Å². The summed E-state index contributed by atoms with van der Waals surface area (Å²) in [7, 11) is 0. The second-order valence-corrected chi connectivity index (χ2v) is 6.44. The summed E-state index contributed by atoms with van der Waals surface area (Å²) in [6.07, 6.45) is 2.54. The molecule has 4 heterocycles. The van der Waals surface area contributed by atoms with Crippen LogP contribution in [0.2, 0.25) is 0 Å². The van der Waals surface area contributed by atoms with Gasteiger partial charge in [-0.05, 0) is 6.92 Å². The number of aromatic amines is 1. The lowest BCUT2D eigenvalue weighted by atomic mass is 10.0. The van der Waals surface area contributed by atoms with Crippen molar-refractivity contribution < 1.29 is 4.79 Å². The lowest BCUT2D eigenvalue weighted by Gasteiger charge is -2.37. The van der Waals surface area contributed by atoms with Crippen molar-refractivity contribution in [1.29, 1.82) is 0 Å². The molecule has 132 valence electrons. The Morgan fingerprint density at radius 1 is 1.28 bits per heavy atom. The van der Waals surface area contributed by atoms with E-state index in [1.165, 1.54) is 0 Å². The van der Waals surface area contributed by atoms with Crippen molar-refractivity contribution in [2.24, 2.45) is 0 Å². The Kier molecular flexibility index (Phi) is 4.00. The highest BCUT2D eigenvalue weighted by molar-refractivity contribution is 5.83. The number of piperazine rings is 1. The molecule has 0 unspecified atom stereocenters. The van der Waals surface area contributed by atoms with E-state index < -0.39 is 0 Å². The zero-order chi connectivity index (χ0) is 17.4. The van der Waals surface area contributed by atoms with Gasteiger partial charge >= 0.3 is 0 Å². The van der Waals surface area contributed by atoms with Crippen molar-refractivity contribution in [1.82, 2.24) is 30.2 Å². The maximum Gasteiger partial charge on any atom is 0.246 e. The minimum Gasteiger partial charge on any atom is -0.368 e. The van der Waals surface area contributed by atoms with Crippen molar-refractivity contribution in [3.8, 4) is 0 Å². The normalized spacial score (nSPS) is 20.4. The fourth-order valence-corrected chi connectivity index (χ4v) is 3.50. The Bertz CT molecular complexity index is 760. The van der Waals surface area contributed by atoms with Crippen molar-refractivity contribution in [3.05, 3.63) is 29.5 Å². The van der Waals surface area contributed by atoms with Crippen LogP contribution in [0.4, 0.5) is 11.8 Å². The second-order valence-electron chi connectivity index (χ2n) is 6.44. The first kappa shape index (κ1) is 15.8. The molecule has 9 nitrogen and oxygen atoms in total. The SMILES string of the molecule is Cc1cc(N2CCN(C(=O)[C@@H]3NCCc4[nH]cnc43)CC2)nc(N)n1. The number of imidazole rings is 1. The highest BCUT2D eigenvalue weighted by Crippen LogP contribution is 2.23. The van der Waals surface area contributed by atoms with E-state index >= 15 is 0 Å². The van der Waals surface area contributed by atoms with Gasteiger partial charge in [-0.3, -0.25) is 4.79 Å². The number of carbonyl (C=O) groups is 1. The van der Waals surface area contributed by atoms with Crippen LogP contribution in [0.25, 0.3) is 0 Å². The molecular formula is C16H22N8O. The number of nitrogens with one attached hydrogen (secondary N) is 2. The van der Waals surface area contributed by atoms with Crippen LogP contribution in [0, 0.1) is 6.92 Å². The Morgan fingerprint density at radius 3 is 2.84 bits per heavy atom. The van der Waals surface area contributed by atoms with Crippen molar-refractivity contribution >= 4 is 17.7 Å². The zero-order valence-corrected chi connectivity index (χ0v) is 14.2. The minimum atomic E-state index is -0.349. The number of nitrogens with zero attached hydrogens (tertiary/aromatic N) is 5. The first-order chi connectivity index (χ1) is 12.1. The molecule has 0 bridgehead atoms. The zero-order valence-electron chi connectivity index (χ0n) is 14.2. The van der Waals surface area contributed by atoms with Crippen molar-refractivity contribution in [2.45, 2.75) is 19.4 Å². The molecule has 0 saturated carbocycles. The summed E-state index contributed by atoms with van der Waals surface area (Å²) in [4.78, 5) is 32.8. The summed E-state index contributed by atoms with van der Waals surface area (Å²) in [6.45, 7) is 5.44. The average Bonchev–Trinajstić information content (AvgIpc) is 3.09. The Hall–Kier alpha value is -2.68. The van der Waals surface area contributed by atoms with Gasteiger partial charge in [0.15, 0.2) is 0 Å². The quantitative estimate of drug-likeness (QED) is 0.681. The number of nitrogens with two attached hydrogens (primary N) is 1. The highest BCUT2D eigenvalue weighted by Gasteiger charge is 2.33. The number of aryl methyl sites for hydroxylation is 1. The molecule has 0 spiro atoms. The van der Waals surface area contributed by atoms with E-state index in [0.29, 0.717) is 13.1 Å². The van der Waals surface area contributed by atoms with Crippen LogP contribution in [0.3, 0.4) is 0 Å². The molecule has 2 aromatic rings. The maximum absolute atomic E-state index is 12.9. The predicted molar refractivity (Wildman–Crippen MR) is 93.0 cm³/mol. The van der Waals surface area contributed by atoms with Gasteiger partial charge in [-0.1, -0.05) is 0 Å². The van der Waals surface area contributed by atoms with Gasteiger partial charge in [0, 0.05) is 56.6 Å². The summed E-state index contributed by atoms with van der Waals surface area (Å²) < 4.78 is 0. The fraction of sp³-hybridized carbons (Fsp3) is 0.500. The monoisotopic (exact) mass is 342 g/mol. The molecule has 4 N–H and O–H groups in total. The Morgan fingerprint density at radius 2 is 2.08 bits per heavy atom. The molecule has 1 saturated heterocycles. The first-order valence-corrected chi connectivity index (χ1v) is 8.52. The molecule has 1 fully saturated rings. The van der Waals surface area contributed by atoms with E-state index in [4.69, 9.17) is 5.73 Å². The number of hydrogen-bond acceptors (Lipinski definition) is 7. The number of anilines is 2. The standard InChI is InChI=1S/C16H22N8O/c1-10-8-12(22-16(17)21-10)23-4-6-24(7-5-23)15(25)14-13-11(2-3-18-14)19-9-20-13/h8-9,14,18H,2-7H2,1H3,(H,19,20)(H2,17,21,22)/t14-/m1/s1. The van der Waals surface area contributed by atoms with E-state index in [1.54, 1.807) is 6.33 Å². The van der Waals surface area contributed by atoms with Gasteiger partial charge < -0.3 is 25.8 Å². The number of hydrogen-bond donors (Lipinski definition) is 3. The maximum atomic E-state index is 12.9. The van der Waals surface area contributed by atoms with Gasteiger partial charge in [-0.15, -0.1) is 0 Å². The summed E-state index contributed by atoms with van der Waals surface area (Å²) in [5.74, 6) is 1.19. The van der Waals surface area contributed by atoms with Gasteiger partial charge in [0.2, 0.25) is 11.9 Å². The average molecular weight is 342 g/mol. The van der Waals surface area contributed by atoms with E-state index in [0.717, 1.165) is 49.0 Å². The van der Waals surface area contributed by atoms with Crippen LogP contribution in [-0.2, 0) is 11.2 Å². The largest absolute Gasteiger partial charge is 0.368 e. The molecule has 25 heavy (non-hydrogen) atoms. The van der Waals surface area contributed by atoms with Crippen LogP contribution in [0.5, 0.6) is 0 Å². The highest BCUT2D eigenvalue weighted by atomic mass is 16.2. The van der Waals surface area contributed by atoms with Crippen LogP contribution in [0.1, 0.15) is 23.1 Å².